The molecule has 1 aromatic heterocycles. The van der Waals surface area contributed by atoms with E-state index in [1.54, 1.807) is 12.4 Å². The molecule has 0 saturated carbocycles. The maximum Gasteiger partial charge on any atom is 0.171 e. The van der Waals surface area contributed by atoms with Gasteiger partial charge in [-0.1, -0.05) is 0 Å². The van der Waals surface area contributed by atoms with Crippen LogP contribution >= 0.6 is 0 Å². The molecule has 2 saturated heterocycles. The molecule has 0 spiro atoms. The molecule has 3 heterocycles. The topological polar surface area (TPSA) is 72.7 Å². The zero-order valence-corrected chi connectivity index (χ0v) is 14.8. The van der Waals surface area contributed by atoms with Gasteiger partial charge in [-0.05, 0) is 51.4 Å². The van der Waals surface area contributed by atoms with Gasteiger partial charge in [0.1, 0.15) is 0 Å². The number of anilines is 2. The van der Waals surface area contributed by atoms with E-state index >= 15 is 0 Å². The Kier molecular flexibility index (Phi) is 5.56. The van der Waals surface area contributed by atoms with E-state index in [0.717, 1.165) is 63.5 Å². The number of piperidine rings is 2. The smallest absolute Gasteiger partial charge is 0.171 e. The lowest BCUT2D eigenvalue weighted by Gasteiger charge is -2.38. The lowest BCUT2D eigenvalue weighted by atomic mass is 9.91. The highest BCUT2D eigenvalue weighted by atomic mass is 16.3. The Labute approximate surface area is 144 Å². The van der Waals surface area contributed by atoms with Gasteiger partial charge in [0.2, 0.25) is 0 Å². The van der Waals surface area contributed by atoms with E-state index in [0.29, 0.717) is 11.8 Å². The second-order valence-corrected chi connectivity index (χ2v) is 7.33. The van der Waals surface area contributed by atoms with Crippen LogP contribution in [0.5, 0.6) is 0 Å². The first kappa shape index (κ1) is 17.4. The van der Waals surface area contributed by atoms with Crippen molar-refractivity contribution in [3.8, 4) is 0 Å². The highest BCUT2D eigenvalue weighted by molar-refractivity contribution is 5.62. The normalized spacial score (nSPS) is 23.3. The molecule has 1 aromatic rings. The third-order valence-electron chi connectivity index (χ3n) is 5.70. The standard InChI is InChI=1S/C18H30N4O2/c1-13(23)15-3-9-21(10-4-15)17-18(20-8-7-19-17)22-11-5-16(6-12-22)14(2)24/h7-8,13-16,23-24H,3-6,9-12H2,1-2H3/t13-,14-/m1/s1. The first-order valence-electron chi connectivity index (χ1n) is 9.23. The van der Waals surface area contributed by atoms with Gasteiger partial charge in [0.25, 0.3) is 0 Å². The largest absolute Gasteiger partial charge is 0.393 e. The summed E-state index contributed by atoms with van der Waals surface area (Å²) in [7, 11) is 0. The van der Waals surface area contributed by atoms with Crippen molar-refractivity contribution in [2.24, 2.45) is 11.8 Å². The Morgan fingerprint density at radius 3 is 1.42 bits per heavy atom. The summed E-state index contributed by atoms with van der Waals surface area (Å²) in [6, 6.07) is 0. The number of aliphatic hydroxyl groups is 2. The molecule has 24 heavy (non-hydrogen) atoms. The number of aromatic nitrogens is 2. The fourth-order valence-electron chi connectivity index (χ4n) is 3.96. The second kappa shape index (κ2) is 7.66. The van der Waals surface area contributed by atoms with Crippen LogP contribution in [-0.4, -0.2) is 58.6 Å². The molecule has 0 unspecified atom stereocenters. The molecule has 0 aliphatic carbocycles. The lowest BCUT2D eigenvalue weighted by Crippen LogP contribution is -2.41. The minimum atomic E-state index is -0.229. The second-order valence-electron chi connectivity index (χ2n) is 7.33. The Hall–Kier alpha value is -1.40. The predicted octanol–water partition coefficient (Wildman–Crippen LogP) is 1.67. The maximum atomic E-state index is 9.79. The summed E-state index contributed by atoms with van der Waals surface area (Å²) in [6.07, 6.45) is 7.07. The van der Waals surface area contributed by atoms with E-state index in [4.69, 9.17) is 0 Å². The summed E-state index contributed by atoms with van der Waals surface area (Å²) >= 11 is 0. The molecule has 2 fully saturated rings. The van der Waals surface area contributed by atoms with Crippen LogP contribution in [0.2, 0.25) is 0 Å². The summed E-state index contributed by atoms with van der Waals surface area (Å²) in [5.41, 5.74) is 0. The van der Waals surface area contributed by atoms with Crippen LogP contribution in [0.25, 0.3) is 0 Å². The maximum absolute atomic E-state index is 9.79. The van der Waals surface area contributed by atoms with E-state index in [2.05, 4.69) is 19.8 Å². The number of aliphatic hydroxyl groups excluding tert-OH is 2. The summed E-state index contributed by atoms with van der Waals surface area (Å²) < 4.78 is 0. The van der Waals surface area contributed by atoms with Gasteiger partial charge in [-0.25, -0.2) is 9.97 Å². The molecule has 134 valence electrons. The van der Waals surface area contributed by atoms with E-state index in [-0.39, 0.29) is 12.2 Å². The van der Waals surface area contributed by atoms with Gasteiger partial charge in [0, 0.05) is 38.6 Å². The molecule has 0 amide bonds. The van der Waals surface area contributed by atoms with Crippen LogP contribution in [0.1, 0.15) is 39.5 Å². The fraction of sp³-hybridized carbons (Fsp3) is 0.778. The highest BCUT2D eigenvalue weighted by Gasteiger charge is 2.29. The van der Waals surface area contributed by atoms with E-state index in [9.17, 15) is 10.2 Å². The van der Waals surface area contributed by atoms with Crippen molar-refractivity contribution in [2.75, 3.05) is 36.0 Å². The van der Waals surface area contributed by atoms with Crippen molar-refractivity contribution in [3.05, 3.63) is 12.4 Å². The van der Waals surface area contributed by atoms with Crippen molar-refractivity contribution in [1.29, 1.82) is 0 Å². The van der Waals surface area contributed by atoms with Gasteiger partial charge in [-0.2, -0.15) is 0 Å². The van der Waals surface area contributed by atoms with Crippen molar-refractivity contribution >= 4 is 11.6 Å². The van der Waals surface area contributed by atoms with Crippen LogP contribution in [0, 0.1) is 11.8 Å². The third kappa shape index (κ3) is 3.81. The predicted molar refractivity (Wildman–Crippen MR) is 95.3 cm³/mol. The Morgan fingerprint density at radius 1 is 0.792 bits per heavy atom. The van der Waals surface area contributed by atoms with Gasteiger partial charge < -0.3 is 20.0 Å². The van der Waals surface area contributed by atoms with Crippen LogP contribution < -0.4 is 9.80 Å². The fourth-order valence-corrected chi connectivity index (χ4v) is 3.96. The number of nitrogens with zero attached hydrogens (tertiary/aromatic N) is 4. The van der Waals surface area contributed by atoms with Crippen LogP contribution in [0.3, 0.4) is 0 Å². The Bertz CT molecular complexity index is 475. The molecule has 2 atom stereocenters. The average molecular weight is 334 g/mol. The average Bonchev–Trinajstić information content (AvgIpc) is 2.62. The molecule has 0 radical (unpaired) electrons. The Balaban J connectivity index is 1.68. The SMILES string of the molecule is C[C@@H](O)C1CCN(c2nccnc2N2CCC([C@@H](C)O)CC2)CC1. The summed E-state index contributed by atoms with van der Waals surface area (Å²) in [5, 5.41) is 19.6. The summed E-state index contributed by atoms with van der Waals surface area (Å²) in [4.78, 5) is 13.8. The van der Waals surface area contributed by atoms with Gasteiger partial charge in [0.15, 0.2) is 11.6 Å². The molecular weight excluding hydrogens is 304 g/mol. The van der Waals surface area contributed by atoms with Crippen LogP contribution in [0.15, 0.2) is 12.4 Å². The van der Waals surface area contributed by atoms with Gasteiger partial charge >= 0.3 is 0 Å². The first-order chi connectivity index (χ1) is 11.6. The molecule has 2 N–H and O–H groups in total. The highest BCUT2D eigenvalue weighted by Crippen LogP contribution is 2.32. The minimum Gasteiger partial charge on any atom is -0.393 e. The molecule has 6 heteroatoms. The quantitative estimate of drug-likeness (QED) is 0.873. The lowest BCUT2D eigenvalue weighted by molar-refractivity contribution is 0.109. The molecule has 0 bridgehead atoms. The van der Waals surface area contributed by atoms with E-state index in [1.807, 2.05) is 13.8 Å². The van der Waals surface area contributed by atoms with Crippen molar-refractivity contribution < 1.29 is 10.2 Å². The monoisotopic (exact) mass is 334 g/mol. The Morgan fingerprint density at radius 2 is 1.12 bits per heavy atom. The van der Waals surface area contributed by atoms with Gasteiger partial charge in [-0.3, -0.25) is 0 Å². The molecule has 2 aliphatic rings. The molecular formula is C18H30N4O2. The van der Waals surface area contributed by atoms with Gasteiger partial charge in [0.05, 0.1) is 12.2 Å². The van der Waals surface area contributed by atoms with Crippen LogP contribution in [0.4, 0.5) is 11.6 Å². The van der Waals surface area contributed by atoms with E-state index in [1.165, 1.54) is 0 Å². The zero-order chi connectivity index (χ0) is 17.1. The van der Waals surface area contributed by atoms with Crippen molar-refractivity contribution in [1.82, 2.24) is 9.97 Å². The molecule has 2 aliphatic heterocycles. The number of hydrogen-bond acceptors (Lipinski definition) is 6. The summed E-state index contributed by atoms with van der Waals surface area (Å²) in [5.74, 6) is 2.72. The molecule has 6 nitrogen and oxygen atoms in total. The third-order valence-corrected chi connectivity index (χ3v) is 5.70. The molecule has 0 aromatic carbocycles. The minimum absolute atomic E-state index is 0.229. The zero-order valence-electron chi connectivity index (χ0n) is 14.8. The number of hydrogen-bond donors (Lipinski definition) is 2. The van der Waals surface area contributed by atoms with Crippen molar-refractivity contribution in [3.63, 3.8) is 0 Å². The number of rotatable bonds is 4. The van der Waals surface area contributed by atoms with Gasteiger partial charge in [-0.15, -0.1) is 0 Å². The first-order valence-corrected chi connectivity index (χ1v) is 9.23. The van der Waals surface area contributed by atoms with Crippen molar-refractivity contribution in [2.45, 2.75) is 51.7 Å². The van der Waals surface area contributed by atoms with Crippen LogP contribution in [-0.2, 0) is 0 Å². The van der Waals surface area contributed by atoms with E-state index < -0.39 is 0 Å². The summed E-state index contributed by atoms with van der Waals surface area (Å²) in [6.45, 7) is 7.47. The molecule has 3 rings (SSSR count).